The van der Waals surface area contributed by atoms with Crippen LogP contribution in [0.15, 0.2) is 36.5 Å². The van der Waals surface area contributed by atoms with Gasteiger partial charge in [0.05, 0.1) is 30.3 Å². The molecule has 13 nitrogen and oxygen atoms in total. The molecule has 5 aliphatic rings. The van der Waals surface area contributed by atoms with Gasteiger partial charge in [-0.05, 0) is 88.3 Å². The SMILES string of the molecule is CC[C@@H]1C[C@@H](C)CC/C=C\[C@@H]2C[C@@]2(C(=O)NS(=O)(=O)C2(CF)CC2)CC(=O)[C@@H]2C[C@@H](Oc3nccc4c5c(ccc34)OCCO5)CN2C(=O)[C@H]1CC(=O)OC(C)(C)C(C)(F)F. The van der Waals surface area contributed by atoms with E-state index in [1.165, 1.54) is 4.90 Å². The summed E-state index contributed by atoms with van der Waals surface area (Å²) in [7, 11) is -4.40. The Morgan fingerprint density at radius 3 is 2.49 bits per heavy atom. The number of ketones is 1. The van der Waals surface area contributed by atoms with Gasteiger partial charge in [0.2, 0.25) is 27.7 Å². The summed E-state index contributed by atoms with van der Waals surface area (Å²) in [6.07, 6.45) is 6.01. The van der Waals surface area contributed by atoms with Gasteiger partial charge in [-0.2, -0.15) is 0 Å². The van der Waals surface area contributed by atoms with Crippen LogP contribution in [0.4, 0.5) is 13.2 Å². The predicted octanol–water partition coefficient (Wildman–Crippen LogP) is 6.65. The van der Waals surface area contributed by atoms with E-state index in [2.05, 4.69) is 9.71 Å². The highest BCUT2D eigenvalue weighted by atomic mass is 32.2. The fourth-order valence-corrected chi connectivity index (χ4v) is 10.5. The van der Waals surface area contributed by atoms with Crippen molar-refractivity contribution in [3.8, 4) is 17.4 Å². The molecule has 4 heterocycles. The number of pyridine rings is 1. The quantitative estimate of drug-likeness (QED) is 0.190. The molecule has 1 saturated heterocycles. The first-order chi connectivity index (χ1) is 28.7. The monoisotopic (exact) mass is 875 g/mol. The summed E-state index contributed by atoms with van der Waals surface area (Å²) in [5.41, 5.74) is -3.65. The van der Waals surface area contributed by atoms with Gasteiger partial charge in [-0.1, -0.05) is 32.4 Å². The molecule has 7 atom stereocenters. The highest BCUT2D eigenvalue weighted by molar-refractivity contribution is 7.91. The van der Waals surface area contributed by atoms with Gasteiger partial charge < -0.3 is 23.8 Å². The van der Waals surface area contributed by atoms with Crippen LogP contribution in [0.2, 0.25) is 0 Å². The topological polar surface area (TPSA) is 168 Å². The third-order valence-electron chi connectivity index (χ3n) is 13.7. The molecule has 61 heavy (non-hydrogen) atoms. The summed E-state index contributed by atoms with van der Waals surface area (Å²) in [5.74, 6) is -6.99. The van der Waals surface area contributed by atoms with E-state index >= 15 is 4.79 Å². The van der Waals surface area contributed by atoms with E-state index in [1.54, 1.807) is 24.4 Å². The van der Waals surface area contributed by atoms with Crippen molar-refractivity contribution in [3.63, 3.8) is 0 Å². The van der Waals surface area contributed by atoms with E-state index < -0.39 is 105 Å². The Bertz CT molecular complexity index is 2190. The number of nitrogens with one attached hydrogen (secondary N) is 1. The van der Waals surface area contributed by atoms with Crippen LogP contribution >= 0.6 is 0 Å². The molecule has 3 aliphatic heterocycles. The van der Waals surface area contributed by atoms with Crippen molar-refractivity contribution < 1.29 is 59.7 Å². The van der Waals surface area contributed by atoms with E-state index in [9.17, 15) is 36.0 Å². The number of ether oxygens (including phenoxy) is 4. The molecule has 1 aromatic carbocycles. The van der Waals surface area contributed by atoms with Gasteiger partial charge in [-0.15, -0.1) is 0 Å². The summed E-state index contributed by atoms with van der Waals surface area (Å²) in [6.45, 7) is 6.23. The van der Waals surface area contributed by atoms with Gasteiger partial charge in [0.25, 0.3) is 5.92 Å². The van der Waals surface area contributed by atoms with Crippen LogP contribution in [0.1, 0.15) is 98.8 Å². The minimum Gasteiger partial charge on any atom is -0.486 e. The maximum atomic E-state index is 15.1. The molecule has 2 amide bonds. The molecule has 2 saturated carbocycles. The Kier molecular flexibility index (Phi) is 12.2. The highest BCUT2D eigenvalue weighted by Crippen LogP contribution is 2.58. The number of amides is 2. The van der Waals surface area contributed by atoms with Crippen LogP contribution in [-0.2, 0) is 33.9 Å². The van der Waals surface area contributed by atoms with Gasteiger partial charge in [-0.25, -0.2) is 26.6 Å². The lowest BCUT2D eigenvalue weighted by Crippen LogP contribution is -2.49. The van der Waals surface area contributed by atoms with Gasteiger partial charge in [0, 0.05) is 36.7 Å². The molecule has 0 unspecified atom stereocenters. The van der Waals surface area contributed by atoms with Crippen molar-refractivity contribution in [2.24, 2.45) is 29.1 Å². The zero-order valence-corrected chi connectivity index (χ0v) is 36.2. The lowest BCUT2D eigenvalue weighted by atomic mass is 9.79. The molecular formula is C44H56F3N3O10S. The fraction of sp³-hybridized carbons (Fsp3) is 0.659. The number of alkyl halides is 3. The Morgan fingerprint density at radius 2 is 1.80 bits per heavy atom. The van der Waals surface area contributed by atoms with Gasteiger partial charge >= 0.3 is 5.97 Å². The van der Waals surface area contributed by atoms with Crippen LogP contribution in [-0.4, -0.2) is 96.7 Å². The number of Topliss-reactive ketones (excluding diaryl/α,β-unsaturated/α-hetero) is 1. The lowest BCUT2D eigenvalue weighted by molar-refractivity contribution is -0.197. The molecule has 2 aromatic rings. The third kappa shape index (κ3) is 8.81. The fourth-order valence-electron chi connectivity index (χ4n) is 9.08. The standard InChI is InChI=1S/C44H56F3N3O10S/c1-6-27-19-26(2)9-7-8-10-28-22-44(28,40(54)49-61(55,56)43(25-45)14-15-43)23-34(51)33-20-29(24-50(33)39(53)32(27)21-36(52)60-41(3,4)42(5,46)47)59-38-31-11-12-35-37(58-18-17-57-35)30(31)13-16-48-38/h8,10-13,16,26-29,32-33H,6-7,9,14-15,17-25H2,1-5H3,(H,49,54)/b10-8-/t26-,27+,28+,29+,32-,33-,44+/m0/s1. The van der Waals surface area contributed by atoms with Crippen molar-refractivity contribution in [2.75, 3.05) is 26.4 Å². The molecule has 2 aliphatic carbocycles. The largest absolute Gasteiger partial charge is 0.486 e. The van der Waals surface area contributed by atoms with Crippen LogP contribution in [0.25, 0.3) is 10.8 Å². The van der Waals surface area contributed by atoms with Crippen molar-refractivity contribution >= 4 is 44.4 Å². The number of aromatic nitrogens is 1. The second kappa shape index (κ2) is 16.7. The smallest absolute Gasteiger partial charge is 0.307 e. The van der Waals surface area contributed by atoms with E-state index in [0.29, 0.717) is 68.1 Å². The molecule has 0 spiro atoms. The number of halogens is 3. The normalized spacial score (nSPS) is 29.7. The first-order valence-corrected chi connectivity index (χ1v) is 22.8. The van der Waals surface area contributed by atoms with Gasteiger partial charge in [0.1, 0.15) is 30.7 Å². The average molecular weight is 876 g/mol. The minimum absolute atomic E-state index is 0.0336. The highest BCUT2D eigenvalue weighted by Gasteiger charge is 2.63. The van der Waals surface area contributed by atoms with Gasteiger partial charge in [-0.3, -0.25) is 23.9 Å². The zero-order valence-electron chi connectivity index (χ0n) is 35.3. The van der Waals surface area contributed by atoms with E-state index in [4.69, 9.17) is 18.9 Å². The number of carbonyl (C=O) groups is 4. The maximum absolute atomic E-state index is 15.1. The molecule has 7 rings (SSSR count). The van der Waals surface area contributed by atoms with Gasteiger partial charge in [0.15, 0.2) is 22.9 Å². The maximum Gasteiger partial charge on any atom is 0.307 e. The summed E-state index contributed by atoms with van der Waals surface area (Å²) in [4.78, 5) is 63.4. The molecular weight excluding hydrogens is 820 g/mol. The number of hydrogen-bond donors (Lipinski definition) is 1. The van der Waals surface area contributed by atoms with E-state index in [1.807, 2.05) is 26.0 Å². The minimum atomic E-state index is -4.40. The number of esters is 1. The molecule has 0 bridgehead atoms. The molecule has 0 radical (unpaired) electrons. The van der Waals surface area contributed by atoms with Crippen molar-refractivity contribution in [3.05, 3.63) is 36.5 Å². The third-order valence-corrected chi connectivity index (χ3v) is 15.8. The van der Waals surface area contributed by atoms with Crippen molar-refractivity contribution in [1.29, 1.82) is 0 Å². The van der Waals surface area contributed by atoms with Crippen LogP contribution in [0.5, 0.6) is 17.4 Å². The number of fused-ring (bicyclic) bond motifs is 5. The number of allylic oxidation sites excluding steroid dienone is 2. The number of sulfonamides is 1. The lowest BCUT2D eigenvalue weighted by Gasteiger charge is -2.35. The average Bonchev–Trinajstić information content (AvgIpc) is 4.11. The first kappa shape index (κ1) is 44.6. The zero-order chi connectivity index (χ0) is 44.1. The Balaban J connectivity index is 1.24. The van der Waals surface area contributed by atoms with E-state index in [-0.39, 0.29) is 44.0 Å². The Morgan fingerprint density at radius 1 is 1.07 bits per heavy atom. The molecule has 1 N–H and O–H groups in total. The Hall–Kier alpha value is -4.41. The number of benzene rings is 1. The number of nitrogens with zero attached hydrogens (tertiary/aromatic N) is 2. The van der Waals surface area contributed by atoms with Crippen LogP contribution in [0.3, 0.4) is 0 Å². The van der Waals surface area contributed by atoms with Crippen molar-refractivity contribution in [1.82, 2.24) is 14.6 Å². The van der Waals surface area contributed by atoms with Crippen LogP contribution in [0, 0.1) is 29.1 Å². The second-order valence-electron chi connectivity index (χ2n) is 18.3. The second-order valence-corrected chi connectivity index (χ2v) is 20.4. The Labute approximate surface area is 354 Å². The first-order valence-electron chi connectivity index (χ1n) is 21.3. The van der Waals surface area contributed by atoms with Crippen LogP contribution < -0.4 is 18.9 Å². The molecule has 1 aromatic heterocycles. The number of rotatable bonds is 11. The number of carbonyl (C=O) groups excluding carboxylic acids is 4. The summed E-state index contributed by atoms with van der Waals surface area (Å²) >= 11 is 0. The summed E-state index contributed by atoms with van der Waals surface area (Å²) in [5, 5.41) is 1.27. The van der Waals surface area contributed by atoms with E-state index in [0.717, 1.165) is 13.8 Å². The molecule has 334 valence electrons. The molecule has 17 heteroatoms. The summed E-state index contributed by atoms with van der Waals surface area (Å²) in [6, 6.07) is 4.10. The summed E-state index contributed by atoms with van der Waals surface area (Å²) < 4.78 is 93.5. The number of hydrogen-bond acceptors (Lipinski definition) is 11. The van der Waals surface area contributed by atoms with Crippen molar-refractivity contribution in [2.45, 2.75) is 127 Å². The molecule has 3 fully saturated rings. The predicted molar refractivity (Wildman–Crippen MR) is 217 cm³/mol.